The first-order valence-electron chi connectivity index (χ1n) is 8.81. The summed E-state index contributed by atoms with van der Waals surface area (Å²) in [6.45, 7) is 3.38. The molecule has 0 unspecified atom stereocenters. The highest BCUT2D eigenvalue weighted by molar-refractivity contribution is 5.86. The molecule has 7 heteroatoms. The Kier molecular flexibility index (Phi) is 4.14. The van der Waals surface area contributed by atoms with Crippen molar-refractivity contribution in [2.45, 2.75) is 25.9 Å². The maximum absolute atomic E-state index is 12.5. The van der Waals surface area contributed by atoms with E-state index in [1.807, 2.05) is 31.2 Å². The number of carbonyl (C=O) groups excluding carboxylic acids is 1. The zero-order valence-corrected chi connectivity index (χ0v) is 14.5. The number of carboxylic acid groups (broad SMARTS) is 1. The molecule has 1 N–H and O–H groups in total. The molecule has 1 amide bonds. The number of likely N-dealkylation sites (tertiary alicyclic amines) is 1. The first-order valence-corrected chi connectivity index (χ1v) is 8.81. The molecule has 2 heterocycles. The van der Waals surface area contributed by atoms with E-state index in [1.165, 1.54) is 17.8 Å². The second-order valence-corrected chi connectivity index (χ2v) is 7.19. The fourth-order valence-electron chi connectivity index (χ4n) is 4.07. The summed E-state index contributed by atoms with van der Waals surface area (Å²) >= 11 is 0. The Morgan fingerprint density at radius 1 is 1.19 bits per heavy atom. The lowest BCUT2D eigenvalue weighted by molar-refractivity contribution is 0.0690. The molecule has 3 atom stereocenters. The van der Waals surface area contributed by atoms with E-state index < -0.39 is 5.97 Å². The van der Waals surface area contributed by atoms with Crippen molar-refractivity contribution >= 4 is 12.0 Å². The van der Waals surface area contributed by atoms with E-state index in [2.05, 4.69) is 5.10 Å². The van der Waals surface area contributed by atoms with Gasteiger partial charge in [-0.3, -0.25) is 0 Å². The van der Waals surface area contributed by atoms with Crippen molar-refractivity contribution in [1.29, 1.82) is 0 Å². The Morgan fingerprint density at radius 2 is 1.92 bits per heavy atom. The molecule has 1 aromatic carbocycles. The summed E-state index contributed by atoms with van der Waals surface area (Å²) < 4.78 is 7.23. The normalized spacial score (nSPS) is 24.5. The Labute approximate surface area is 151 Å². The van der Waals surface area contributed by atoms with Crippen LogP contribution < -0.4 is 4.74 Å². The summed E-state index contributed by atoms with van der Waals surface area (Å²) in [5.41, 5.74) is 1.06. The lowest BCUT2D eigenvalue weighted by Crippen LogP contribution is -2.34. The predicted octanol–water partition coefficient (Wildman–Crippen LogP) is 2.65. The standard InChI is InChI=1S/C19H21N3O4/c1-12-3-2-4-15(7-12)26-16-8-13-10-21(11-14(13)9-16)19(25)22-6-5-17(20-22)18(23)24/h2-7,13-14,16H,8-11H2,1H3,(H,23,24)/t13-,14+,16+. The van der Waals surface area contributed by atoms with Crippen molar-refractivity contribution in [2.75, 3.05) is 13.1 Å². The summed E-state index contributed by atoms with van der Waals surface area (Å²) in [5.74, 6) is 0.609. The van der Waals surface area contributed by atoms with E-state index in [9.17, 15) is 9.59 Å². The fourth-order valence-corrected chi connectivity index (χ4v) is 4.07. The third kappa shape index (κ3) is 3.16. The van der Waals surface area contributed by atoms with E-state index in [0.717, 1.165) is 23.3 Å². The molecule has 2 fully saturated rings. The molecule has 0 radical (unpaired) electrons. The Balaban J connectivity index is 1.35. The zero-order valence-electron chi connectivity index (χ0n) is 14.5. The lowest BCUT2D eigenvalue weighted by Gasteiger charge is -2.20. The van der Waals surface area contributed by atoms with Crippen molar-refractivity contribution in [1.82, 2.24) is 14.7 Å². The van der Waals surface area contributed by atoms with Gasteiger partial charge in [0.25, 0.3) is 0 Å². The fraction of sp³-hybridized carbons (Fsp3) is 0.421. The van der Waals surface area contributed by atoms with Crippen molar-refractivity contribution in [3.63, 3.8) is 0 Å². The SMILES string of the molecule is Cc1cccc(O[C@H]2C[C@@H]3CN(C(=O)n4ccc(C(=O)O)n4)C[C@@H]3C2)c1. The highest BCUT2D eigenvalue weighted by Gasteiger charge is 2.43. The van der Waals surface area contributed by atoms with E-state index in [4.69, 9.17) is 9.84 Å². The van der Waals surface area contributed by atoms with Crippen LogP contribution in [0.15, 0.2) is 36.5 Å². The average Bonchev–Trinajstić information content (AvgIpc) is 3.28. The number of aryl methyl sites for hydroxylation is 1. The van der Waals surface area contributed by atoms with Crippen LogP contribution in [0.4, 0.5) is 4.79 Å². The molecule has 1 aliphatic carbocycles. The topological polar surface area (TPSA) is 84.7 Å². The molecule has 1 saturated carbocycles. The Morgan fingerprint density at radius 3 is 2.54 bits per heavy atom. The second-order valence-electron chi connectivity index (χ2n) is 7.19. The molecule has 0 bridgehead atoms. The summed E-state index contributed by atoms with van der Waals surface area (Å²) in [5, 5.41) is 12.8. The van der Waals surface area contributed by atoms with Gasteiger partial charge in [-0.2, -0.15) is 9.78 Å². The molecule has 1 aliphatic heterocycles. The van der Waals surface area contributed by atoms with Crippen LogP contribution in [-0.4, -0.2) is 51.0 Å². The largest absolute Gasteiger partial charge is 0.490 e. The van der Waals surface area contributed by atoms with Crippen LogP contribution in [-0.2, 0) is 0 Å². The van der Waals surface area contributed by atoms with Crippen LogP contribution in [0.5, 0.6) is 5.75 Å². The molecular weight excluding hydrogens is 334 g/mol. The first-order chi connectivity index (χ1) is 12.5. The summed E-state index contributed by atoms with van der Waals surface area (Å²) in [6, 6.07) is 9.14. The zero-order chi connectivity index (χ0) is 18.3. The van der Waals surface area contributed by atoms with Gasteiger partial charge in [-0.05, 0) is 55.4 Å². The maximum atomic E-state index is 12.5. The number of rotatable bonds is 3. The van der Waals surface area contributed by atoms with Gasteiger partial charge in [-0.1, -0.05) is 12.1 Å². The van der Waals surface area contributed by atoms with Crippen molar-refractivity contribution in [3.8, 4) is 5.75 Å². The first kappa shape index (κ1) is 16.6. The average molecular weight is 355 g/mol. The van der Waals surface area contributed by atoms with Gasteiger partial charge in [-0.15, -0.1) is 0 Å². The number of amides is 1. The Bertz CT molecular complexity index is 833. The van der Waals surface area contributed by atoms with E-state index in [-0.39, 0.29) is 17.8 Å². The van der Waals surface area contributed by atoms with Gasteiger partial charge in [-0.25, -0.2) is 9.59 Å². The minimum atomic E-state index is -1.13. The van der Waals surface area contributed by atoms with Gasteiger partial charge in [0.15, 0.2) is 5.69 Å². The number of hydrogen-bond acceptors (Lipinski definition) is 4. The number of carboxylic acids is 1. The number of ether oxygens (including phenoxy) is 1. The minimum absolute atomic E-state index is 0.121. The van der Waals surface area contributed by atoms with Crippen LogP contribution >= 0.6 is 0 Å². The molecule has 4 rings (SSSR count). The van der Waals surface area contributed by atoms with E-state index >= 15 is 0 Å². The molecule has 1 saturated heterocycles. The number of carbonyl (C=O) groups is 2. The maximum Gasteiger partial charge on any atom is 0.356 e. The van der Waals surface area contributed by atoms with Gasteiger partial charge in [0, 0.05) is 19.3 Å². The van der Waals surface area contributed by atoms with Gasteiger partial charge < -0.3 is 14.7 Å². The summed E-state index contributed by atoms with van der Waals surface area (Å²) in [4.78, 5) is 25.2. The number of hydrogen-bond donors (Lipinski definition) is 1. The highest BCUT2D eigenvalue weighted by Crippen LogP contribution is 2.40. The Hall–Kier alpha value is -2.83. The van der Waals surface area contributed by atoms with Crippen LogP contribution in [0, 0.1) is 18.8 Å². The lowest BCUT2D eigenvalue weighted by atomic mass is 10.0. The monoisotopic (exact) mass is 355 g/mol. The van der Waals surface area contributed by atoms with Crippen molar-refractivity contribution in [2.24, 2.45) is 11.8 Å². The van der Waals surface area contributed by atoms with Gasteiger partial charge in [0.2, 0.25) is 0 Å². The number of aromatic carboxylic acids is 1. The third-order valence-electron chi connectivity index (χ3n) is 5.27. The molecule has 1 aromatic heterocycles. The van der Waals surface area contributed by atoms with Crippen LogP contribution in [0.25, 0.3) is 0 Å². The minimum Gasteiger partial charge on any atom is -0.490 e. The van der Waals surface area contributed by atoms with Gasteiger partial charge >= 0.3 is 12.0 Å². The number of benzene rings is 1. The van der Waals surface area contributed by atoms with Crippen LogP contribution in [0.2, 0.25) is 0 Å². The predicted molar refractivity (Wildman–Crippen MR) is 93.4 cm³/mol. The van der Waals surface area contributed by atoms with E-state index in [1.54, 1.807) is 4.90 Å². The van der Waals surface area contributed by atoms with Gasteiger partial charge in [0.05, 0.1) is 6.10 Å². The van der Waals surface area contributed by atoms with Crippen LogP contribution in [0.3, 0.4) is 0 Å². The quantitative estimate of drug-likeness (QED) is 0.915. The molecule has 136 valence electrons. The summed E-state index contributed by atoms with van der Waals surface area (Å²) in [7, 11) is 0. The number of nitrogens with zero attached hydrogens (tertiary/aromatic N) is 3. The van der Waals surface area contributed by atoms with E-state index in [0.29, 0.717) is 24.9 Å². The molecule has 2 aromatic rings. The molecule has 0 spiro atoms. The summed E-state index contributed by atoms with van der Waals surface area (Å²) in [6.07, 6.45) is 3.46. The second kappa shape index (κ2) is 6.48. The van der Waals surface area contributed by atoms with Crippen LogP contribution in [0.1, 0.15) is 28.9 Å². The third-order valence-corrected chi connectivity index (χ3v) is 5.27. The molecule has 7 nitrogen and oxygen atoms in total. The highest BCUT2D eigenvalue weighted by atomic mass is 16.5. The smallest absolute Gasteiger partial charge is 0.356 e. The molecule has 26 heavy (non-hydrogen) atoms. The van der Waals surface area contributed by atoms with Crippen molar-refractivity contribution in [3.05, 3.63) is 47.8 Å². The molecular formula is C19H21N3O4. The van der Waals surface area contributed by atoms with Gasteiger partial charge in [0.1, 0.15) is 5.75 Å². The van der Waals surface area contributed by atoms with Crippen molar-refractivity contribution < 1.29 is 19.4 Å². The number of aromatic nitrogens is 2. The number of fused-ring (bicyclic) bond motifs is 1. The molecule has 2 aliphatic rings.